The SMILES string of the molecule is CN(C)S(=O)(=O)c1ccccc1CNC(=O)/C=C/c1c(Cl)nc2sccn12. The summed E-state index contributed by atoms with van der Waals surface area (Å²) >= 11 is 7.53. The minimum Gasteiger partial charge on any atom is -0.348 e. The second-order valence-corrected chi connectivity index (χ2v) is 9.14. The summed E-state index contributed by atoms with van der Waals surface area (Å²) in [5.41, 5.74) is 1.12. The monoisotopic (exact) mass is 424 g/mol. The van der Waals surface area contributed by atoms with E-state index in [4.69, 9.17) is 11.6 Å². The van der Waals surface area contributed by atoms with Gasteiger partial charge in [0.2, 0.25) is 15.9 Å². The highest BCUT2D eigenvalue weighted by Gasteiger charge is 2.20. The summed E-state index contributed by atoms with van der Waals surface area (Å²) in [6.07, 6.45) is 4.74. The topological polar surface area (TPSA) is 83.8 Å². The van der Waals surface area contributed by atoms with E-state index in [1.807, 2.05) is 11.6 Å². The van der Waals surface area contributed by atoms with Gasteiger partial charge in [-0.2, -0.15) is 0 Å². The molecule has 0 aliphatic rings. The Hall–Kier alpha value is -2.20. The predicted molar refractivity (Wildman–Crippen MR) is 106 cm³/mol. The van der Waals surface area contributed by atoms with Crippen LogP contribution in [0.5, 0.6) is 0 Å². The molecule has 0 bridgehead atoms. The number of hydrogen-bond acceptors (Lipinski definition) is 5. The van der Waals surface area contributed by atoms with Gasteiger partial charge in [-0.3, -0.25) is 9.20 Å². The normalized spacial score (nSPS) is 12.3. The number of sulfonamides is 1. The van der Waals surface area contributed by atoms with Crippen molar-refractivity contribution in [2.24, 2.45) is 0 Å². The maximum absolute atomic E-state index is 12.4. The Kier molecular flexibility index (Phi) is 5.66. The van der Waals surface area contributed by atoms with Crippen LogP contribution in [0.1, 0.15) is 11.3 Å². The molecular weight excluding hydrogens is 408 g/mol. The average Bonchev–Trinajstić information content (AvgIpc) is 3.19. The summed E-state index contributed by atoms with van der Waals surface area (Å²) < 4.78 is 27.7. The maximum atomic E-state index is 12.4. The van der Waals surface area contributed by atoms with Crippen LogP contribution in [0.15, 0.2) is 46.8 Å². The number of imidazole rings is 1. The van der Waals surface area contributed by atoms with Crippen LogP contribution in [-0.4, -0.2) is 42.1 Å². The molecular formula is C17H17ClN4O3S2. The molecule has 0 radical (unpaired) electrons. The zero-order valence-corrected chi connectivity index (χ0v) is 17.0. The van der Waals surface area contributed by atoms with E-state index in [1.165, 1.54) is 37.6 Å². The lowest BCUT2D eigenvalue weighted by molar-refractivity contribution is -0.116. The summed E-state index contributed by atoms with van der Waals surface area (Å²) in [6, 6.07) is 6.57. The van der Waals surface area contributed by atoms with Crippen molar-refractivity contribution in [2.45, 2.75) is 11.4 Å². The van der Waals surface area contributed by atoms with E-state index < -0.39 is 10.0 Å². The van der Waals surface area contributed by atoms with Crippen molar-refractivity contribution in [3.63, 3.8) is 0 Å². The Morgan fingerprint density at radius 1 is 1.37 bits per heavy atom. The molecule has 0 aliphatic heterocycles. The van der Waals surface area contributed by atoms with Crippen molar-refractivity contribution in [1.82, 2.24) is 19.0 Å². The van der Waals surface area contributed by atoms with Crippen molar-refractivity contribution >= 4 is 49.9 Å². The Bertz CT molecular complexity index is 1120. The average molecular weight is 425 g/mol. The second kappa shape index (κ2) is 7.81. The fraction of sp³-hybridized carbons (Fsp3) is 0.176. The van der Waals surface area contributed by atoms with Crippen LogP contribution in [0.3, 0.4) is 0 Å². The van der Waals surface area contributed by atoms with Crippen molar-refractivity contribution in [2.75, 3.05) is 14.1 Å². The third-order valence-electron chi connectivity index (χ3n) is 3.83. The van der Waals surface area contributed by atoms with Crippen molar-refractivity contribution < 1.29 is 13.2 Å². The highest BCUT2D eigenvalue weighted by molar-refractivity contribution is 7.89. The van der Waals surface area contributed by atoms with Gasteiger partial charge in [0.25, 0.3) is 0 Å². The number of rotatable bonds is 6. The van der Waals surface area contributed by atoms with Gasteiger partial charge >= 0.3 is 0 Å². The Balaban J connectivity index is 1.74. The molecule has 0 aliphatic carbocycles. The Morgan fingerprint density at radius 2 is 2.11 bits per heavy atom. The number of carbonyl (C=O) groups excluding carboxylic acids is 1. The smallest absolute Gasteiger partial charge is 0.244 e. The van der Waals surface area contributed by atoms with E-state index in [9.17, 15) is 13.2 Å². The molecule has 0 atom stereocenters. The van der Waals surface area contributed by atoms with Crippen LogP contribution < -0.4 is 5.32 Å². The number of fused-ring (bicyclic) bond motifs is 1. The molecule has 0 fully saturated rings. The second-order valence-electron chi connectivity index (χ2n) is 5.79. The third kappa shape index (κ3) is 4.06. The van der Waals surface area contributed by atoms with Gasteiger partial charge in [0.1, 0.15) is 0 Å². The number of thiazole rings is 1. The van der Waals surface area contributed by atoms with Gasteiger partial charge in [0.15, 0.2) is 10.1 Å². The van der Waals surface area contributed by atoms with Crippen LogP contribution in [-0.2, 0) is 21.4 Å². The van der Waals surface area contributed by atoms with E-state index in [-0.39, 0.29) is 17.3 Å². The van der Waals surface area contributed by atoms with Crippen molar-refractivity contribution in [3.8, 4) is 0 Å². The quantitative estimate of drug-likeness (QED) is 0.616. The van der Waals surface area contributed by atoms with E-state index in [0.29, 0.717) is 16.4 Å². The van der Waals surface area contributed by atoms with Gasteiger partial charge in [-0.15, -0.1) is 11.3 Å². The molecule has 0 unspecified atom stereocenters. The number of amides is 1. The van der Waals surface area contributed by atoms with E-state index in [0.717, 1.165) is 9.27 Å². The number of hydrogen-bond donors (Lipinski definition) is 1. The summed E-state index contributed by atoms with van der Waals surface area (Å²) in [5.74, 6) is -0.367. The van der Waals surface area contributed by atoms with Gasteiger partial charge in [-0.05, 0) is 17.7 Å². The van der Waals surface area contributed by atoms with E-state index in [1.54, 1.807) is 28.7 Å². The fourth-order valence-corrected chi connectivity index (χ4v) is 4.54. The first-order valence-corrected chi connectivity index (χ1v) is 10.6. The summed E-state index contributed by atoms with van der Waals surface area (Å²) in [5, 5.41) is 4.88. The van der Waals surface area contributed by atoms with E-state index >= 15 is 0 Å². The van der Waals surface area contributed by atoms with Gasteiger partial charge in [0, 0.05) is 38.3 Å². The molecule has 3 aromatic rings. The summed E-state index contributed by atoms with van der Waals surface area (Å²) in [4.78, 5) is 17.3. The number of carbonyl (C=O) groups is 1. The molecule has 3 rings (SSSR count). The minimum absolute atomic E-state index is 0.0837. The van der Waals surface area contributed by atoms with Gasteiger partial charge in [0.05, 0.1) is 10.6 Å². The van der Waals surface area contributed by atoms with E-state index in [2.05, 4.69) is 10.3 Å². The van der Waals surface area contributed by atoms with Crippen LogP contribution in [0.25, 0.3) is 11.0 Å². The lowest BCUT2D eigenvalue weighted by Crippen LogP contribution is -2.26. The highest BCUT2D eigenvalue weighted by Crippen LogP contribution is 2.22. The minimum atomic E-state index is -3.59. The molecule has 0 saturated heterocycles. The fourth-order valence-electron chi connectivity index (χ4n) is 2.42. The standard InChI is InChI=1S/C17H17ClN4O3S2/c1-21(2)27(24,25)14-6-4-3-5-12(14)11-19-15(23)8-7-13-16(18)20-17-22(13)9-10-26-17/h3-10H,11H2,1-2H3,(H,19,23)/b8-7+. The third-order valence-corrected chi connectivity index (χ3v) is 6.78. The molecule has 27 heavy (non-hydrogen) atoms. The first kappa shape index (κ1) is 19.6. The maximum Gasteiger partial charge on any atom is 0.244 e. The van der Waals surface area contributed by atoms with Crippen LogP contribution in [0, 0.1) is 0 Å². The molecule has 0 saturated carbocycles. The molecule has 7 nitrogen and oxygen atoms in total. The molecule has 2 aromatic heterocycles. The first-order chi connectivity index (χ1) is 12.8. The lowest BCUT2D eigenvalue weighted by atomic mass is 10.2. The number of nitrogens with zero attached hydrogens (tertiary/aromatic N) is 3. The Morgan fingerprint density at radius 3 is 2.85 bits per heavy atom. The van der Waals surface area contributed by atoms with Crippen molar-refractivity contribution in [1.29, 1.82) is 0 Å². The Labute approximate surface area is 166 Å². The molecule has 1 amide bonds. The summed E-state index contributed by atoms with van der Waals surface area (Å²) in [7, 11) is -0.658. The molecule has 10 heteroatoms. The van der Waals surface area contributed by atoms with Crippen molar-refractivity contribution in [3.05, 3.63) is 58.3 Å². The largest absolute Gasteiger partial charge is 0.348 e. The molecule has 1 aromatic carbocycles. The number of nitrogens with one attached hydrogen (secondary N) is 1. The molecule has 1 N–H and O–H groups in total. The molecule has 2 heterocycles. The van der Waals surface area contributed by atoms with Crippen LogP contribution in [0.4, 0.5) is 0 Å². The lowest BCUT2D eigenvalue weighted by Gasteiger charge is -2.15. The van der Waals surface area contributed by atoms with Gasteiger partial charge in [-0.1, -0.05) is 29.8 Å². The van der Waals surface area contributed by atoms with Crippen LogP contribution in [0.2, 0.25) is 5.15 Å². The van der Waals surface area contributed by atoms with Gasteiger partial charge < -0.3 is 5.32 Å². The molecule has 0 spiro atoms. The van der Waals surface area contributed by atoms with Crippen LogP contribution >= 0.6 is 22.9 Å². The highest BCUT2D eigenvalue weighted by atomic mass is 35.5. The zero-order valence-electron chi connectivity index (χ0n) is 14.6. The number of halogens is 1. The molecule has 142 valence electrons. The predicted octanol–water partition coefficient (Wildman–Crippen LogP) is 2.63. The zero-order chi connectivity index (χ0) is 19.6. The van der Waals surface area contributed by atoms with Gasteiger partial charge in [-0.25, -0.2) is 17.7 Å². The summed E-state index contributed by atoms with van der Waals surface area (Å²) in [6.45, 7) is 0.0837. The number of benzene rings is 1. The number of aromatic nitrogens is 2. The first-order valence-electron chi connectivity index (χ1n) is 7.88.